The molecule has 2 N–H and O–H groups in total. The molecule has 1 heterocycles. The number of nitrogens with one attached hydrogen (secondary N) is 2. The average Bonchev–Trinajstić information content (AvgIpc) is 2.61. The van der Waals surface area contributed by atoms with Crippen LogP contribution < -0.4 is 10.6 Å². The summed E-state index contributed by atoms with van der Waals surface area (Å²) in [7, 11) is 0. The summed E-state index contributed by atoms with van der Waals surface area (Å²) >= 11 is 0. The fourth-order valence-electron chi connectivity index (χ4n) is 3.05. The van der Waals surface area contributed by atoms with Crippen LogP contribution in [-0.2, 0) is 9.53 Å². The predicted octanol–water partition coefficient (Wildman–Crippen LogP) is 3.61. The molecule has 0 spiro atoms. The molecule has 2 amide bonds. The number of ether oxygens (including phenoxy) is 1. The van der Waals surface area contributed by atoms with Crippen LogP contribution >= 0.6 is 0 Å². The number of carbonyl (C=O) groups excluding carboxylic acids is 2. The number of hydrogen-bond acceptors (Lipinski definition) is 3. The first-order valence-corrected chi connectivity index (χ1v) is 8.45. The standard InChI is InChI=1S/C20H22N2O3/c1-14-7-9-15(10-8-14)16-11-18(21-19(23)12-16)13-25-20(24)22-17-5-3-2-4-6-17/h2-10,16,18H,11-13H2,1H3,(H,21,23)(H,22,24)/t16-,18-/m0/s1. The molecule has 5 nitrogen and oxygen atoms in total. The number of aryl methyl sites for hydroxylation is 1. The van der Waals surface area contributed by atoms with Crippen LogP contribution in [-0.4, -0.2) is 24.6 Å². The van der Waals surface area contributed by atoms with E-state index in [1.54, 1.807) is 12.1 Å². The van der Waals surface area contributed by atoms with E-state index in [2.05, 4.69) is 34.9 Å². The van der Waals surface area contributed by atoms with Crippen LogP contribution in [0.1, 0.15) is 29.9 Å². The first-order chi connectivity index (χ1) is 12.1. The average molecular weight is 338 g/mol. The minimum atomic E-state index is -0.516. The Hall–Kier alpha value is -2.82. The minimum absolute atomic E-state index is 0.00566. The topological polar surface area (TPSA) is 67.4 Å². The van der Waals surface area contributed by atoms with Gasteiger partial charge in [0.05, 0.1) is 6.04 Å². The molecule has 3 rings (SSSR count). The molecular weight excluding hydrogens is 316 g/mol. The summed E-state index contributed by atoms with van der Waals surface area (Å²) in [4.78, 5) is 23.9. The molecule has 0 aromatic heterocycles. The fourth-order valence-corrected chi connectivity index (χ4v) is 3.05. The molecule has 1 saturated heterocycles. The Balaban J connectivity index is 1.54. The maximum absolute atomic E-state index is 12.0. The van der Waals surface area contributed by atoms with E-state index >= 15 is 0 Å². The predicted molar refractivity (Wildman–Crippen MR) is 96.5 cm³/mol. The summed E-state index contributed by atoms with van der Waals surface area (Å²) in [5.41, 5.74) is 3.03. The highest BCUT2D eigenvalue weighted by Crippen LogP contribution is 2.28. The summed E-state index contributed by atoms with van der Waals surface area (Å²) in [6, 6.07) is 17.2. The van der Waals surface area contributed by atoms with Crippen molar-refractivity contribution in [1.29, 1.82) is 0 Å². The van der Waals surface area contributed by atoms with Crippen LogP contribution in [0.15, 0.2) is 54.6 Å². The third-order valence-electron chi connectivity index (χ3n) is 4.35. The van der Waals surface area contributed by atoms with Crippen LogP contribution in [0.5, 0.6) is 0 Å². The van der Waals surface area contributed by atoms with E-state index in [1.165, 1.54) is 5.56 Å². The Kier molecular flexibility index (Phi) is 5.33. The van der Waals surface area contributed by atoms with Gasteiger partial charge < -0.3 is 10.1 Å². The number of hydrogen-bond donors (Lipinski definition) is 2. The summed E-state index contributed by atoms with van der Waals surface area (Å²) in [6.45, 7) is 2.20. The Labute approximate surface area is 147 Å². The highest BCUT2D eigenvalue weighted by molar-refractivity contribution is 5.84. The van der Waals surface area contributed by atoms with Gasteiger partial charge in [-0.25, -0.2) is 4.79 Å². The highest BCUT2D eigenvalue weighted by Gasteiger charge is 2.28. The van der Waals surface area contributed by atoms with Gasteiger partial charge >= 0.3 is 6.09 Å². The zero-order valence-corrected chi connectivity index (χ0v) is 14.2. The zero-order valence-electron chi connectivity index (χ0n) is 14.2. The van der Waals surface area contributed by atoms with Crippen LogP contribution in [0.2, 0.25) is 0 Å². The van der Waals surface area contributed by atoms with Crippen molar-refractivity contribution in [3.05, 3.63) is 65.7 Å². The van der Waals surface area contributed by atoms with Gasteiger partial charge in [-0.05, 0) is 37.0 Å². The molecule has 0 unspecified atom stereocenters. The van der Waals surface area contributed by atoms with Crippen LogP contribution in [0, 0.1) is 6.92 Å². The smallest absolute Gasteiger partial charge is 0.411 e. The van der Waals surface area contributed by atoms with E-state index in [9.17, 15) is 9.59 Å². The Bertz CT molecular complexity index is 728. The second-order valence-corrected chi connectivity index (χ2v) is 6.40. The van der Waals surface area contributed by atoms with Crippen molar-refractivity contribution in [3.8, 4) is 0 Å². The number of benzene rings is 2. The van der Waals surface area contributed by atoms with Gasteiger partial charge in [0.2, 0.25) is 5.91 Å². The number of amides is 2. The largest absolute Gasteiger partial charge is 0.447 e. The van der Waals surface area contributed by atoms with Crippen molar-refractivity contribution in [2.45, 2.75) is 31.7 Å². The molecule has 1 aliphatic rings. The lowest BCUT2D eigenvalue weighted by atomic mass is 9.86. The van der Waals surface area contributed by atoms with Crippen molar-refractivity contribution in [1.82, 2.24) is 5.32 Å². The molecule has 0 aliphatic carbocycles. The molecule has 2 aromatic rings. The monoisotopic (exact) mass is 338 g/mol. The molecule has 2 atom stereocenters. The van der Waals surface area contributed by atoms with E-state index in [0.29, 0.717) is 12.1 Å². The molecule has 2 aromatic carbocycles. The van der Waals surface area contributed by atoms with Gasteiger partial charge in [-0.15, -0.1) is 0 Å². The van der Waals surface area contributed by atoms with Gasteiger partial charge in [0.25, 0.3) is 0 Å². The Morgan fingerprint density at radius 3 is 2.60 bits per heavy atom. The quantitative estimate of drug-likeness (QED) is 0.895. The van der Waals surface area contributed by atoms with E-state index in [-0.39, 0.29) is 24.5 Å². The molecule has 0 bridgehead atoms. The Morgan fingerprint density at radius 1 is 1.16 bits per heavy atom. The van der Waals surface area contributed by atoms with Crippen molar-refractivity contribution in [3.63, 3.8) is 0 Å². The number of rotatable bonds is 4. The van der Waals surface area contributed by atoms with E-state index < -0.39 is 6.09 Å². The van der Waals surface area contributed by atoms with Crippen LogP contribution in [0.4, 0.5) is 10.5 Å². The first-order valence-electron chi connectivity index (χ1n) is 8.45. The van der Waals surface area contributed by atoms with Gasteiger partial charge in [-0.3, -0.25) is 10.1 Å². The van der Waals surface area contributed by atoms with E-state index in [0.717, 1.165) is 12.0 Å². The van der Waals surface area contributed by atoms with Gasteiger partial charge in [0.15, 0.2) is 0 Å². The second kappa shape index (κ2) is 7.83. The lowest BCUT2D eigenvalue weighted by Gasteiger charge is -2.29. The lowest BCUT2D eigenvalue weighted by Crippen LogP contribution is -2.44. The Morgan fingerprint density at radius 2 is 1.88 bits per heavy atom. The van der Waals surface area contributed by atoms with Gasteiger partial charge in [-0.1, -0.05) is 48.0 Å². The molecule has 25 heavy (non-hydrogen) atoms. The van der Waals surface area contributed by atoms with Gasteiger partial charge in [-0.2, -0.15) is 0 Å². The molecule has 0 saturated carbocycles. The van der Waals surface area contributed by atoms with Crippen molar-refractivity contribution in [2.24, 2.45) is 0 Å². The third kappa shape index (κ3) is 4.83. The fraction of sp³-hybridized carbons (Fsp3) is 0.300. The summed E-state index contributed by atoms with van der Waals surface area (Å²) < 4.78 is 5.27. The number of piperidine rings is 1. The van der Waals surface area contributed by atoms with Crippen LogP contribution in [0.25, 0.3) is 0 Å². The second-order valence-electron chi connectivity index (χ2n) is 6.40. The maximum Gasteiger partial charge on any atom is 0.411 e. The van der Waals surface area contributed by atoms with Crippen molar-refractivity contribution < 1.29 is 14.3 Å². The van der Waals surface area contributed by atoms with Crippen molar-refractivity contribution in [2.75, 3.05) is 11.9 Å². The molecule has 5 heteroatoms. The molecule has 130 valence electrons. The minimum Gasteiger partial charge on any atom is -0.447 e. The van der Waals surface area contributed by atoms with Gasteiger partial charge in [0.1, 0.15) is 6.61 Å². The third-order valence-corrected chi connectivity index (χ3v) is 4.35. The molecule has 1 aliphatic heterocycles. The number of carbonyl (C=O) groups is 2. The summed E-state index contributed by atoms with van der Waals surface area (Å²) in [5.74, 6) is 0.147. The normalized spacial score (nSPS) is 19.8. The number of para-hydroxylation sites is 1. The molecule has 0 radical (unpaired) electrons. The highest BCUT2D eigenvalue weighted by atomic mass is 16.5. The number of anilines is 1. The summed E-state index contributed by atoms with van der Waals surface area (Å²) in [5, 5.41) is 5.57. The van der Waals surface area contributed by atoms with Gasteiger partial charge in [0, 0.05) is 12.1 Å². The first kappa shape index (κ1) is 17.0. The molecular formula is C20H22N2O3. The summed E-state index contributed by atoms with van der Waals surface area (Å²) in [6.07, 6.45) is 0.710. The SMILES string of the molecule is Cc1ccc([C@@H]2CC(=O)N[C@H](COC(=O)Nc3ccccc3)C2)cc1. The lowest BCUT2D eigenvalue weighted by molar-refractivity contribution is -0.124. The van der Waals surface area contributed by atoms with Crippen molar-refractivity contribution >= 4 is 17.7 Å². The van der Waals surface area contributed by atoms with Crippen LogP contribution in [0.3, 0.4) is 0 Å². The van der Waals surface area contributed by atoms with E-state index in [4.69, 9.17) is 4.74 Å². The maximum atomic E-state index is 12.0. The molecule has 1 fully saturated rings. The van der Waals surface area contributed by atoms with E-state index in [1.807, 2.05) is 25.1 Å². The zero-order chi connectivity index (χ0) is 17.6.